The van der Waals surface area contributed by atoms with Crippen molar-refractivity contribution in [3.05, 3.63) is 30.1 Å². The van der Waals surface area contributed by atoms with Gasteiger partial charge < -0.3 is 10.2 Å². The van der Waals surface area contributed by atoms with Crippen LogP contribution in [0.3, 0.4) is 0 Å². The van der Waals surface area contributed by atoms with Crippen LogP contribution in [0.15, 0.2) is 24.5 Å². The number of amides is 2. The van der Waals surface area contributed by atoms with E-state index >= 15 is 0 Å². The molecule has 0 saturated carbocycles. The lowest BCUT2D eigenvalue weighted by atomic mass is 10.1. The summed E-state index contributed by atoms with van der Waals surface area (Å²) in [5.41, 5.74) is 1.11. The first-order valence-corrected chi connectivity index (χ1v) is 7.50. The van der Waals surface area contributed by atoms with E-state index in [0.717, 1.165) is 18.4 Å². The number of carbonyl (C=O) groups is 2. The molecule has 0 aliphatic rings. The second-order valence-corrected chi connectivity index (χ2v) is 5.43. The largest absolute Gasteiger partial charge is 0.348 e. The molecular formula is C16H25N3O2. The van der Waals surface area contributed by atoms with Gasteiger partial charge in [0.2, 0.25) is 0 Å². The lowest BCUT2D eigenvalue weighted by molar-refractivity contribution is -0.145. The molecule has 2 amide bonds. The van der Waals surface area contributed by atoms with Crippen LogP contribution < -0.4 is 5.32 Å². The van der Waals surface area contributed by atoms with Crippen molar-refractivity contribution < 1.29 is 9.59 Å². The van der Waals surface area contributed by atoms with Gasteiger partial charge in [-0.2, -0.15) is 0 Å². The molecule has 0 aliphatic heterocycles. The van der Waals surface area contributed by atoms with Gasteiger partial charge in [0.1, 0.15) is 0 Å². The quantitative estimate of drug-likeness (QED) is 0.777. The molecule has 0 saturated heterocycles. The van der Waals surface area contributed by atoms with Gasteiger partial charge in [-0.15, -0.1) is 0 Å². The molecule has 1 heterocycles. The number of nitrogens with one attached hydrogen (secondary N) is 1. The van der Waals surface area contributed by atoms with Crippen LogP contribution >= 0.6 is 0 Å². The normalized spacial score (nSPS) is 10.5. The molecule has 0 unspecified atom stereocenters. The van der Waals surface area contributed by atoms with Gasteiger partial charge in [0.05, 0.1) is 0 Å². The fourth-order valence-electron chi connectivity index (χ4n) is 1.91. The molecule has 0 aliphatic carbocycles. The van der Waals surface area contributed by atoms with Gasteiger partial charge in [0.15, 0.2) is 0 Å². The first kappa shape index (κ1) is 17.1. The van der Waals surface area contributed by atoms with Gasteiger partial charge in [-0.3, -0.25) is 14.6 Å². The van der Waals surface area contributed by atoms with Crippen LogP contribution in [0.5, 0.6) is 0 Å². The van der Waals surface area contributed by atoms with E-state index in [4.69, 9.17) is 0 Å². The van der Waals surface area contributed by atoms with Crippen molar-refractivity contribution in [2.45, 2.75) is 33.6 Å². The van der Waals surface area contributed by atoms with Gasteiger partial charge in [-0.05, 0) is 43.4 Å². The number of carbonyl (C=O) groups excluding carboxylic acids is 2. The molecule has 5 nitrogen and oxygen atoms in total. The van der Waals surface area contributed by atoms with Gasteiger partial charge in [0.25, 0.3) is 0 Å². The zero-order valence-corrected chi connectivity index (χ0v) is 13.1. The molecule has 0 bridgehead atoms. The topological polar surface area (TPSA) is 62.3 Å². The van der Waals surface area contributed by atoms with Crippen molar-refractivity contribution in [1.82, 2.24) is 15.2 Å². The number of hydrogen-bond donors (Lipinski definition) is 1. The Morgan fingerprint density at radius 2 is 1.95 bits per heavy atom. The number of hydrogen-bond acceptors (Lipinski definition) is 3. The van der Waals surface area contributed by atoms with Gasteiger partial charge in [0, 0.05) is 32.0 Å². The number of likely N-dealkylation sites (N-methyl/N-ethyl adjacent to an activating group) is 1. The predicted octanol–water partition coefficient (Wildman–Crippen LogP) is 1.63. The number of rotatable bonds is 7. The monoisotopic (exact) mass is 291 g/mol. The summed E-state index contributed by atoms with van der Waals surface area (Å²) in [6.07, 6.45) is 5.06. The Hall–Kier alpha value is -1.91. The molecule has 1 aromatic heterocycles. The molecule has 116 valence electrons. The molecule has 1 aromatic rings. The summed E-state index contributed by atoms with van der Waals surface area (Å²) in [6, 6.07) is 3.84. The molecular weight excluding hydrogens is 266 g/mol. The fraction of sp³-hybridized carbons (Fsp3) is 0.562. The zero-order valence-electron chi connectivity index (χ0n) is 13.1. The first-order chi connectivity index (χ1) is 10.0. The lowest BCUT2D eigenvalue weighted by Crippen LogP contribution is -2.44. The third-order valence-corrected chi connectivity index (χ3v) is 3.29. The third kappa shape index (κ3) is 6.38. The third-order valence-electron chi connectivity index (χ3n) is 3.29. The molecule has 0 fully saturated rings. The highest BCUT2D eigenvalue weighted by Crippen LogP contribution is 2.01. The van der Waals surface area contributed by atoms with E-state index in [1.807, 2.05) is 19.1 Å². The van der Waals surface area contributed by atoms with Crippen molar-refractivity contribution in [3.63, 3.8) is 0 Å². The highest BCUT2D eigenvalue weighted by atomic mass is 16.2. The smallest absolute Gasteiger partial charge is 0.311 e. The summed E-state index contributed by atoms with van der Waals surface area (Å²) >= 11 is 0. The molecule has 1 rings (SSSR count). The molecule has 0 spiro atoms. The van der Waals surface area contributed by atoms with Gasteiger partial charge >= 0.3 is 11.8 Å². The molecule has 0 aromatic carbocycles. The summed E-state index contributed by atoms with van der Waals surface area (Å²) in [5, 5.41) is 2.69. The van der Waals surface area contributed by atoms with Crippen molar-refractivity contribution in [2.24, 2.45) is 5.92 Å². The van der Waals surface area contributed by atoms with E-state index < -0.39 is 11.8 Å². The Morgan fingerprint density at radius 3 is 2.52 bits per heavy atom. The zero-order chi connectivity index (χ0) is 15.7. The Bertz CT molecular complexity index is 446. The van der Waals surface area contributed by atoms with Crippen LogP contribution in [0.4, 0.5) is 0 Å². The highest BCUT2D eigenvalue weighted by molar-refractivity contribution is 6.34. The Balaban J connectivity index is 2.43. The van der Waals surface area contributed by atoms with Crippen molar-refractivity contribution in [3.8, 4) is 0 Å². The maximum absolute atomic E-state index is 12.1. The highest BCUT2D eigenvalue weighted by Gasteiger charge is 2.19. The summed E-state index contributed by atoms with van der Waals surface area (Å²) in [4.78, 5) is 29.4. The van der Waals surface area contributed by atoms with Crippen molar-refractivity contribution in [1.29, 1.82) is 0 Å². The minimum absolute atomic E-state index is 0.449. The Kier molecular flexibility index (Phi) is 7.43. The first-order valence-electron chi connectivity index (χ1n) is 7.50. The van der Waals surface area contributed by atoms with Crippen LogP contribution in [0.1, 0.15) is 32.8 Å². The van der Waals surface area contributed by atoms with E-state index in [1.54, 1.807) is 17.3 Å². The average Bonchev–Trinajstić information content (AvgIpc) is 2.48. The van der Waals surface area contributed by atoms with E-state index in [9.17, 15) is 9.59 Å². The summed E-state index contributed by atoms with van der Waals surface area (Å²) in [5.74, 6) is -0.447. The second-order valence-electron chi connectivity index (χ2n) is 5.43. The maximum Gasteiger partial charge on any atom is 0.311 e. The van der Waals surface area contributed by atoms with E-state index in [2.05, 4.69) is 24.1 Å². The average molecular weight is 291 g/mol. The van der Waals surface area contributed by atoms with Crippen LogP contribution in [0, 0.1) is 5.92 Å². The Morgan fingerprint density at radius 1 is 1.29 bits per heavy atom. The summed E-state index contributed by atoms with van der Waals surface area (Å²) in [6.45, 7) is 7.66. The van der Waals surface area contributed by atoms with Gasteiger partial charge in [-0.25, -0.2) is 0 Å². The van der Waals surface area contributed by atoms with Crippen LogP contribution in [-0.4, -0.2) is 41.3 Å². The minimum atomic E-state index is -0.507. The lowest BCUT2D eigenvalue weighted by Gasteiger charge is -2.20. The molecule has 21 heavy (non-hydrogen) atoms. The standard InChI is InChI=1S/C16H25N3O2/c1-4-19(12-8-14-6-9-17-10-7-14)16(21)15(20)18-11-5-13(2)3/h6-7,9-10,13H,4-5,8,11-12H2,1-3H3,(H,18,20). The number of pyridine rings is 1. The fourth-order valence-corrected chi connectivity index (χ4v) is 1.91. The SMILES string of the molecule is CCN(CCc1ccncc1)C(=O)C(=O)NCCC(C)C. The van der Waals surface area contributed by atoms with Gasteiger partial charge in [-0.1, -0.05) is 13.8 Å². The summed E-state index contributed by atoms with van der Waals surface area (Å²) < 4.78 is 0. The van der Waals surface area contributed by atoms with Crippen molar-refractivity contribution >= 4 is 11.8 Å². The molecule has 0 atom stereocenters. The molecule has 0 radical (unpaired) electrons. The molecule has 5 heteroatoms. The van der Waals surface area contributed by atoms with E-state index in [0.29, 0.717) is 25.6 Å². The predicted molar refractivity (Wildman–Crippen MR) is 82.7 cm³/mol. The van der Waals surface area contributed by atoms with Crippen LogP contribution in [0.2, 0.25) is 0 Å². The van der Waals surface area contributed by atoms with E-state index in [-0.39, 0.29) is 0 Å². The Labute approximate surface area is 126 Å². The number of nitrogens with zero attached hydrogens (tertiary/aromatic N) is 2. The van der Waals surface area contributed by atoms with E-state index in [1.165, 1.54) is 0 Å². The summed E-state index contributed by atoms with van der Waals surface area (Å²) in [7, 11) is 0. The van der Waals surface area contributed by atoms with Crippen molar-refractivity contribution in [2.75, 3.05) is 19.6 Å². The van der Waals surface area contributed by atoms with Crippen LogP contribution in [-0.2, 0) is 16.0 Å². The van der Waals surface area contributed by atoms with Crippen LogP contribution in [0.25, 0.3) is 0 Å². The molecule has 1 N–H and O–H groups in total. The second kappa shape index (κ2) is 9.10. The number of aromatic nitrogens is 1. The minimum Gasteiger partial charge on any atom is -0.348 e. The maximum atomic E-state index is 12.1.